The lowest BCUT2D eigenvalue weighted by Crippen LogP contribution is -2.16. The van der Waals surface area contributed by atoms with E-state index in [1.165, 1.54) is 18.4 Å². The molecule has 0 radical (unpaired) electrons. The van der Waals surface area contributed by atoms with E-state index in [1.807, 2.05) is 0 Å². The number of nitrogens with one attached hydrogen (secondary N) is 1. The molecule has 0 spiro atoms. The van der Waals surface area contributed by atoms with Crippen molar-refractivity contribution in [3.63, 3.8) is 0 Å². The van der Waals surface area contributed by atoms with Gasteiger partial charge < -0.3 is 4.72 Å². The number of rotatable bonds is 2. The zero-order valence-corrected chi connectivity index (χ0v) is 7.08. The molecular weight excluding hydrogens is 165 g/mol. The zero-order chi connectivity index (χ0) is 8.27. The average Bonchev–Trinajstić information content (AvgIpc) is 1.85. The van der Waals surface area contributed by atoms with E-state index >= 15 is 0 Å². The maximum Gasteiger partial charge on any atom is 0.120 e. The summed E-state index contributed by atoms with van der Waals surface area (Å²) in [7, 11) is -1.09. The Morgan fingerprint density at radius 3 is 3.00 bits per heavy atom. The molecule has 1 rings (SSSR count). The molecule has 11 heavy (non-hydrogen) atoms. The fraction of sp³-hybridized carbons (Fsp3) is 0.429. The summed E-state index contributed by atoms with van der Waals surface area (Å²) in [5.74, 6) is -0.246. The van der Waals surface area contributed by atoms with Crippen LogP contribution in [0.5, 0.6) is 0 Å². The van der Waals surface area contributed by atoms with E-state index in [9.17, 15) is 8.60 Å². The second-order valence-electron chi connectivity index (χ2n) is 2.35. The predicted molar refractivity (Wildman–Crippen MR) is 43.7 cm³/mol. The smallest absolute Gasteiger partial charge is 0.120 e. The van der Waals surface area contributed by atoms with Crippen LogP contribution in [-0.2, 0) is 11.0 Å². The van der Waals surface area contributed by atoms with Gasteiger partial charge in [-0.15, -0.1) is 0 Å². The maximum absolute atomic E-state index is 12.5. The van der Waals surface area contributed by atoms with Crippen LogP contribution in [0.15, 0.2) is 23.7 Å². The van der Waals surface area contributed by atoms with E-state index in [-0.39, 0.29) is 5.83 Å². The molecule has 62 valence electrons. The van der Waals surface area contributed by atoms with Crippen LogP contribution in [0.2, 0.25) is 0 Å². The minimum Gasteiger partial charge on any atom is -0.309 e. The molecule has 1 aliphatic carbocycles. The molecule has 0 fully saturated rings. The Kier molecular flexibility index (Phi) is 2.82. The van der Waals surface area contributed by atoms with Gasteiger partial charge in [0.25, 0.3) is 0 Å². The summed E-state index contributed by atoms with van der Waals surface area (Å²) in [5, 5.41) is 0. The minimum absolute atomic E-state index is 0.246. The normalized spacial score (nSPS) is 20.2. The number of allylic oxidation sites excluding steroid dienone is 4. The Labute approximate surface area is 67.8 Å². The Bertz CT molecular complexity index is 235. The summed E-state index contributed by atoms with van der Waals surface area (Å²) in [6.45, 7) is 0. The molecule has 0 bridgehead atoms. The Morgan fingerprint density at radius 2 is 2.45 bits per heavy atom. The van der Waals surface area contributed by atoms with Crippen LogP contribution in [0.3, 0.4) is 0 Å². The predicted octanol–water partition coefficient (Wildman–Crippen LogP) is 1.40. The highest BCUT2D eigenvalue weighted by Gasteiger charge is 2.04. The van der Waals surface area contributed by atoms with Crippen molar-refractivity contribution < 1.29 is 8.60 Å². The van der Waals surface area contributed by atoms with Gasteiger partial charge in [-0.05, 0) is 25.0 Å². The van der Waals surface area contributed by atoms with Gasteiger partial charge in [0.15, 0.2) is 0 Å². The maximum atomic E-state index is 12.5. The molecule has 1 N–H and O–H groups in total. The van der Waals surface area contributed by atoms with Crippen LogP contribution in [0.4, 0.5) is 4.39 Å². The second-order valence-corrected chi connectivity index (χ2v) is 3.47. The molecule has 0 heterocycles. The summed E-state index contributed by atoms with van der Waals surface area (Å²) < 4.78 is 25.8. The first-order valence-corrected chi connectivity index (χ1v) is 4.90. The standard InChI is InChI=1S/C7H10FNOS/c1-11(10)9-7-4-2-3-6(8)5-7/h3,5,9H,2,4H2,1H3. The lowest BCUT2D eigenvalue weighted by Gasteiger charge is -2.09. The van der Waals surface area contributed by atoms with Crippen molar-refractivity contribution in [1.82, 2.24) is 4.72 Å². The second kappa shape index (κ2) is 3.67. The summed E-state index contributed by atoms with van der Waals surface area (Å²) in [6, 6.07) is 0. The first-order chi connectivity index (χ1) is 5.18. The van der Waals surface area contributed by atoms with E-state index in [0.717, 1.165) is 6.42 Å². The summed E-state index contributed by atoms with van der Waals surface area (Å²) in [6.07, 6.45) is 5.85. The number of halogens is 1. The molecule has 0 saturated carbocycles. The van der Waals surface area contributed by atoms with Crippen molar-refractivity contribution in [1.29, 1.82) is 0 Å². The fourth-order valence-electron chi connectivity index (χ4n) is 0.928. The third-order valence-electron chi connectivity index (χ3n) is 1.34. The summed E-state index contributed by atoms with van der Waals surface area (Å²) in [5.41, 5.74) is 0.714. The third-order valence-corrected chi connectivity index (χ3v) is 1.89. The van der Waals surface area contributed by atoms with Crippen LogP contribution in [0, 0.1) is 0 Å². The number of hydrogen-bond acceptors (Lipinski definition) is 1. The third kappa shape index (κ3) is 2.84. The van der Waals surface area contributed by atoms with Crippen LogP contribution in [0.1, 0.15) is 12.8 Å². The molecular formula is C7H10FNOS. The molecule has 1 aliphatic rings. The Balaban J connectivity index is 2.58. The van der Waals surface area contributed by atoms with Crippen molar-refractivity contribution in [3.05, 3.63) is 23.7 Å². The van der Waals surface area contributed by atoms with Crippen molar-refractivity contribution in [2.75, 3.05) is 6.26 Å². The molecule has 0 aromatic carbocycles. The van der Waals surface area contributed by atoms with Gasteiger partial charge in [0, 0.05) is 12.0 Å². The Hall–Kier alpha value is -0.640. The van der Waals surface area contributed by atoms with E-state index in [2.05, 4.69) is 4.72 Å². The van der Waals surface area contributed by atoms with Gasteiger partial charge in [-0.1, -0.05) is 0 Å². The van der Waals surface area contributed by atoms with Crippen LogP contribution < -0.4 is 4.72 Å². The summed E-state index contributed by atoms with van der Waals surface area (Å²) >= 11 is 0. The van der Waals surface area contributed by atoms with Gasteiger partial charge in [0.05, 0.1) is 0 Å². The lowest BCUT2D eigenvalue weighted by atomic mass is 10.1. The molecule has 1 atom stereocenters. The quantitative estimate of drug-likeness (QED) is 0.675. The molecule has 1 unspecified atom stereocenters. The SMILES string of the molecule is CS(=O)NC1=CC(F)=CCC1. The first kappa shape index (κ1) is 8.46. The van der Waals surface area contributed by atoms with Gasteiger partial charge in [0.2, 0.25) is 0 Å². The highest BCUT2D eigenvalue weighted by molar-refractivity contribution is 7.82. The highest BCUT2D eigenvalue weighted by Crippen LogP contribution is 2.15. The van der Waals surface area contributed by atoms with Crippen molar-refractivity contribution in [3.8, 4) is 0 Å². The van der Waals surface area contributed by atoms with Crippen LogP contribution in [0.25, 0.3) is 0 Å². The van der Waals surface area contributed by atoms with E-state index in [0.29, 0.717) is 12.1 Å². The summed E-state index contributed by atoms with van der Waals surface area (Å²) in [4.78, 5) is 0. The number of hydrogen-bond donors (Lipinski definition) is 1. The minimum atomic E-state index is -1.09. The molecule has 0 saturated heterocycles. The molecule has 0 aliphatic heterocycles. The van der Waals surface area contributed by atoms with Gasteiger partial charge in [-0.2, -0.15) is 0 Å². The topological polar surface area (TPSA) is 29.1 Å². The van der Waals surface area contributed by atoms with E-state index in [1.54, 1.807) is 0 Å². The molecule has 0 aromatic heterocycles. The first-order valence-electron chi connectivity index (χ1n) is 3.35. The van der Waals surface area contributed by atoms with Crippen molar-refractivity contribution >= 4 is 11.0 Å². The fourth-order valence-corrected chi connectivity index (χ4v) is 1.46. The van der Waals surface area contributed by atoms with E-state index < -0.39 is 11.0 Å². The van der Waals surface area contributed by atoms with Crippen molar-refractivity contribution in [2.24, 2.45) is 0 Å². The molecule has 4 heteroatoms. The molecule has 0 aromatic rings. The molecule has 0 amide bonds. The largest absolute Gasteiger partial charge is 0.309 e. The molecule has 2 nitrogen and oxygen atoms in total. The van der Waals surface area contributed by atoms with Gasteiger partial charge in [0.1, 0.15) is 16.8 Å². The van der Waals surface area contributed by atoms with Crippen molar-refractivity contribution in [2.45, 2.75) is 12.8 Å². The zero-order valence-electron chi connectivity index (χ0n) is 6.26. The van der Waals surface area contributed by atoms with Gasteiger partial charge in [-0.3, -0.25) is 0 Å². The van der Waals surface area contributed by atoms with Gasteiger partial charge in [-0.25, -0.2) is 8.60 Å². The van der Waals surface area contributed by atoms with Crippen LogP contribution >= 0.6 is 0 Å². The van der Waals surface area contributed by atoms with Crippen LogP contribution in [-0.4, -0.2) is 10.5 Å². The highest BCUT2D eigenvalue weighted by atomic mass is 32.2. The average molecular weight is 175 g/mol. The lowest BCUT2D eigenvalue weighted by molar-refractivity contribution is 0.642. The van der Waals surface area contributed by atoms with Gasteiger partial charge >= 0.3 is 0 Å². The monoisotopic (exact) mass is 175 g/mol. The van der Waals surface area contributed by atoms with E-state index in [4.69, 9.17) is 0 Å². The Morgan fingerprint density at radius 1 is 1.73 bits per heavy atom.